The van der Waals surface area contributed by atoms with Crippen LogP contribution >= 0.6 is 34.8 Å². The van der Waals surface area contributed by atoms with Gasteiger partial charge in [0.2, 0.25) is 9.70 Å². The Hall–Kier alpha value is -1.06. The Morgan fingerprint density at radius 2 is 1.90 bits per heavy atom. The number of nitrogens with one attached hydrogen (secondary N) is 2. The van der Waals surface area contributed by atoms with Crippen LogP contribution in [-0.2, 0) is 23.9 Å². The molecule has 0 aliphatic carbocycles. The van der Waals surface area contributed by atoms with Gasteiger partial charge < -0.3 is 14.8 Å². The molecule has 1 heterocycles. The van der Waals surface area contributed by atoms with Crippen LogP contribution in [0.15, 0.2) is 12.7 Å². The molecule has 1 aliphatic heterocycles. The SMILES string of the molecule is C=CC(C)COC(C(=O)N[C@@H](C)C(=O)N1CCC[C@@H](C(=O)OCC(Cl)(Cl)Cl)N1)C(C)C. The molecule has 0 radical (unpaired) electrons. The number of halogens is 3. The number of amides is 2. The number of nitrogens with zero attached hydrogens (tertiary/aromatic N) is 1. The predicted molar refractivity (Wildman–Crippen MR) is 121 cm³/mol. The first-order valence-corrected chi connectivity index (χ1v) is 11.3. The van der Waals surface area contributed by atoms with Crippen LogP contribution in [-0.4, -0.2) is 64.5 Å². The van der Waals surface area contributed by atoms with E-state index < -0.39 is 34.6 Å². The van der Waals surface area contributed by atoms with E-state index in [2.05, 4.69) is 17.3 Å². The molecule has 31 heavy (non-hydrogen) atoms. The Kier molecular flexibility index (Phi) is 11.6. The Balaban J connectivity index is 2.64. The first-order valence-electron chi connectivity index (χ1n) is 10.2. The van der Waals surface area contributed by atoms with Gasteiger partial charge in [0.1, 0.15) is 24.8 Å². The van der Waals surface area contributed by atoms with Crippen molar-refractivity contribution in [2.75, 3.05) is 19.8 Å². The number of carbonyl (C=O) groups is 3. The van der Waals surface area contributed by atoms with E-state index in [4.69, 9.17) is 44.3 Å². The third-order valence-corrected chi connectivity index (χ3v) is 4.98. The highest BCUT2D eigenvalue weighted by Crippen LogP contribution is 2.26. The lowest BCUT2D eigenvalue weighted by atomic mass is 10.1. The molecule has 0 aromatic carbocycles. The van der Waals surface area contributed by atoms with Crippen LogP contribution in [0.5, 0.6) is 0 Å². The van der Waals surface area contributed by atoms with Crippen molar-refractivity contribution < 1.29 is 23.9 Å². The third kappa shape index (κ3) is 9.95. The molecule has 2 N–H and O–H groups in total. The molecule has 0 aromatic rings. The second-order valence-corrected chi connectivity index (χ2v) is 10.5. The highest BCUT2D eigenvalue weighted by Gasteiger charge is 2.34. The van der Waals surface area contributed by atoms with Gasteiger partial charge in [-0.2, -0.15) is 0 Å². The minimum atomic E-state index is -1.71. The van der Waals surface area contributed by atoms with Crippen LogP contribution in [0, 0.1) is 11.8 Å². The molecule has 178 valence electrons. The highest BCUT2D eigenvalue weighted by molar-refractivity contribution is 6.67. The van der Waals surface area contributed by atoms with Crippen LogP contribution in [0.3, 0.4) is 0 Å². The quantitative estimate of drug-likeness (QED) is 0.272. The fourth-order valence-electron chi connectivity index (χ4n) is 2.85. The summed E-state index contributed by atoms with van der Waals surface area (Å²) in [5.74, 6) is -1.35. The lowest BCUT2D eigenvalue weighted by Crippen LogP contribution is -2.60. The van der Waals surface area contributed by atoms with E-state index in [1.165, 1.54) is 5.01 Å². The average Bonchev–Trinajstić information content (AvgIpc) is 2.70. The molecule has 1 saturated heterocycles. The molecule has 1 aliphatic rings. The van der Waals surface area contributed by atoms with Crippen LogP contribution in [0.25, 0.3) is 0 Å². The molecule has 0 aromatic heterocycles. The van der Waals surface area contributed by atoms with Crippen LogP contribution in [0.4, 0.5) is 0 Å². The fraction of sp³-hybridized carbons (Fsp3) is 0.750. The van der Waals surface area contributed by atoms with Crippen molar-refractivity contribution in [1.82, 2.24) is 15.8 Å². The van der Waals surface area contributed by atoms with Crippen LogP contribution < -0.4 is 10.7 Å². The van der Waals surface area contributed by atoms with Gasteiger partial charge in [0.25, 0.3) is 5.91 Å². The highest BCUT2D eigenvalue weighted by atomic mass is 35.6. The normalized spacial score (nSPS) is 20.0. The Labute approximate surface area is 198 Å². The number of hydrogen-bond donors (Lipinski definition) is 2. The lowest BCUT2D eigenvalue weighted by Gasteiger charge is -2.34. The predicted octanol–water partition coefficient (Wildman–Crippen LogP) is 2.76. The summed E-state index contributed by atoms with van der Waals surface area (Å²) in [5, 5.41) is 4.01. The van der Waals surface area contributed by atoms with Crippen LogP contribution in [0.1, 0.15) is 40.5 Å². The van der Waals surface area contributed by atoms with Crippen molar-refractivity contribution in [2.45, 2.75) is 62.5 Å². The molecule has 0 bridgehead atoms. The zero-order valence-corrected chi connectivity index (χ0v) is 20.6. The summed E-state index contributed by atoms with van der Waals surface area (Å²) in [4.78, 5) is 37.7. The summed E-state index contributed by atoms with van der Waals surface area (Å²) in [5.41, 5.74) is 2.83. The largest absolute Gasteiger partial charge is 0.460 e. The van der Waals surface area contributed by atoms with E-state index in [0.29, 0.717) is 26.0 Å². The van der Waals surface area contributed by atoms with Crippen molar-refractivity contribution in [2.24, 2.45) is 11.8 Å². The Morgan fingerprint density at radius 3 is 2.45 bits per heavy atom. The first kappa shape index (κ1) is 28.0. The number of esters is 1. The number of hydrogen-bond acceptors (Lipinski definition) is 6. The minimum Gasteiger partial charge on any atom is -0.460 e. The topological polar surface area (TPSA) is 97.0 Å². The maximum Gasteiger partial charge on any atom is 0.325 e. The summed E-state index contributed by atoms with van der Waals surface area (Å²) in [6.45, 7) is 11.3. The fourth-order valence-corrected chi connectivity index (χ4v) is 3.02. The number of ether oxygens (including phenoxy) is 2. The zero-order valence-electron chi connectivity index (χ0n) is 18.3. The first-order chi connectivity index (χ1) is 14.4. The van der Waals surface area contributed by atoms with Crippen molar-refractivity contribution in [3.8, 4) is 0 Å². The standard InChI is InChI=1S/C20H32Cl3N3O5/c1-6-13(4)10-30-16(12(2)3)17(27)24-14(5)18(28)26-9-7-8-15(25-26)19(29)31-11-20(21,22)23/h6,12-16,25H,1,7-11H2,2-5H3,(H,24,27)/t13?,14-,15-,16?/m0/s1. The molecule has 11 heteroatoms. The van der Waals surface area contributed by atoms with Gasteiger partial charge >= 0.3 is 5.97 Å². The van der Waals surface area contributed by atoms with Gasteiger partial charge in [-0.1, -0.05) is 61.7 Å². The molecule has 8 nitrogen and oxygen atoms in total. The average molecular weight is 501 g/mol. The second-order valence-electron chi connectivity index (χ2n) is 7.98. The van der Waals surface area contributed by atoms with E-state index in [9.17, 15) is 14.4 Å². The van der Waals surface area contributed by atoms with Gasteiger partial charge in [0, 0.05) is 6.54 Å². The monoisotopic (exact) mass is 499 g/mol. The molecule has 1 fully saturated rings. The maximum absolute atomic E-state index is 12.8. The molecular weight excluding hydrogens is 469 g/mol. The molecule has 4 atom stereocenters. The van der Waals surface area contributed by atoms with Gasteiger partial charge in [-0.05, 0) is 31.6 Å². The third-order valence-electron chi connectivity index (χ3n) is 4.65. The Bertz CT molecular complexity index is 642. The van der Waals surface area contributed by atoms with Crippen molar-refractivity contribution >= 4 is 52.6 Å². The minimum absolute atomic E-state index is 0.0792. The number of hydrazine groups is 1. The van der Waals surface area contributed by atoms with Gasteiger partial charge in [0.05, 0.1) is 6.61 Å². The number of carbonyl (C=O) groups excluding carboxylic acids is 3. The van der Waals surface area contributed by atoms with E-state index in [1.807, 2.05) is 20.8 Å². The van der Waals surface area contributed by atoms with E-state index in [0.717, 1.165) is 0 Å². The molecule has 2 unspecified atom stereocenters. The summed E-state index contributed by atoms with van der Waals surface area (Å²) < 4.78 is 9.00. The van der Waals surface area contributed by atoms with E-state index >= 15 is 0 Å². The summed E-state index contributed by atoms with van der Waals surface area (Å²) in [7, 11) is 0. The lowest BCUT2D eigenvalue weighted by molar-refractivity contribution is -0.153. The van der Waals surface area contributed by atoms with Gasteiger partial charge in [-0.3, -0.25) is 19.4 Å². The summed E-state index contributed by atoms with van der Waals surface area (Å²) >= 11 is 16.8. The van der Waals surface area contributed by atoms with E-state index in [1.54, 1.807) is 13.0 Å². The van der Waals surface area contributed by atoms with Crippen molar-refractivity contribution in [3.63, 3.8) is 0 Å². The van der Waals surface area contributed by atoms with Gasteiger partial charge in [-0.25, -0.2) is 5.43 Å². The van der Waals surface area contributed by atoms with Crippen LogP contribution in [0.2, 0.25) is 0 Å². The molecule has 2 amide bonds. The van der Waals surface area contributed by atoms with Gasteiger partial charge in [-0.15, -0.1) is 6.58 Å². The van der Waals surface area contributed by atoms with Crippen molar-refractivity contribution in [3.05, 3.63) is 12.7 Å². The Morgan fingerprint density at radius 1 is 1.26 bits per heavy atom. The zero-order chi connectivity index (χ0) is 23.8. The van der Waals surface area contributed by atoms with Crippen molar-refractivity contribution in [1.29, 1.82) is 0 Å². The molecule has 0 saturated carbocycles. The van der Waals surface area contributed by atoms with E-state index in [-0.39, 0.29) is 23.7 Å². The number of rotatable bonds is 10. The summed E-state index contributed by atoms with van der Waals surface area (Å²) in [6.07, 6.45) is 2.09. The molecule has 0 spiro atoms. The molecule has 1 rings (SSSR count). The number of alkyl halides is 3. The summed E-state index contributed by atoms with van der Waals surface area (Å²) in [6, 6.07) is -1.57. The van der Waals surface area contributed by atoms with Gasteiger partial charge in [0.15, 0.2) is 0 Å². The maximum atomic E-state index is 12.8. The smallest absolute Gasteiger partial charge is 0.325 e. The molecular formula is C20H32Cl3N3O5. The second kappa shape index (κ2) is 12.8.